The van der Waals surface area contributed by atoms with E-state index in [9.17, 15) is 9.18 Å². The average Bonchev–Trinajstić information content (AvgIpc) is 2.03. The molecule has 1 nitrogen and oxygen atoms in total. The van der Waals surface area contributed by atoms with Crippen molar-refractivity contribution in [1.82, 2.24) is 0 Å². The summed E-state index contributed by atoms with van der Waals surface area (Å²) < 4.78 is 13.0. The largest absolute Gasteiger partial charge is 0.293 e. The number of hydrogen-bond donors (Lipinski definition) is 0. The fourth-order valence-electron chi connectivity index (χ4n) is 0.788. The van der Waals surface area contributed by atoms with Crippen molar-refractivity contribution in [2.75, 3.05) is 5.33 Å². The Morgan fingerprint density at radius 2 is 2.25 bits per heavy atom. The third-order valence-corrected chi connectivity index (χ3v) is 2.10. The molecule has 0 radical (unpaired) electrons. The van der Waals surface area contributed by atoms with Crippen LogP contribution in [0.5, 0.6) is 0 Å². The summed E-state index contributed by atoms with van der Waals surface area (Å²) >= 11 is 8.46. The molecule has 4 heteroatoms. The van der Waals surface area contributed by atoms with Gasteiger partial charge in [0.25, 0.3) is 0 Å². The summed E-state index contributed by atoms with van der Waals surface area (Å²) in [6.07, 6.45) is 0. The summed E-state index contributed by atoms with van der Waals surface area (Å²) in [7, 11) is 0. The number of halogens is 3. The third-order valence-electron chi connectivity index (χ3n) is 1.35. The standard InChI is InChI=1S/C8H5BrClFO/c9-4-8(12)6-2-1-5(10)3-7(6)11/h1-3H,4H2. The van der Waals surface area contributed by atoms with Crippen molar-refractivity contribution in [3.8, 4) is 0 Å². The maximum atomic E-state index is 13.0. The predicted octanol–water partition coefficient (Wildman–Crippen LogP) is 3.06. The second-order valence-corrected chi connectivity index (χ2v) is 3.18. The lowest BCUT2D eigenvalue weighted by molar-refractivity contribution is 0.102. The smallest absolute Gasteiger partial charge is 0.176 e. The van der Waals surface area contributed by atoms with Gasteiger partial charge in [-0.2, -0.15) is 0 Å². The van der Waals surface area contributed by atoms with Crippen molar-refractivity contribution in [2.24, 2.45) is 0 Å². The second-order valence-electron chi connectivity index (χ2n) is 2.18. The van der Waals surface area contributed by atoms with Gasteiger partial charge in [-0.25, -0.2) is 4.39 Å². The number of Topliss-reactive ketones (excluding diaryl/α,β-unsaturated/α-hetero) is 1. The Morgan fingerprint density at radius 1 is 1.58 bits per heavy atom. The molecule has 0 saturated heterocycles. The van der Waals surface area contributed by atoms with Crippen LogP contribution in [0.4, 0.5) is 4.39 Å². The summed E-state index contributed by atoms with van der Waals surface area (Å²) in [5.74, 6) is -0.865. The Morgan fingerprint density at radius 3 is 2.75 bits per heavy atom. The topological polar surface area (TPSA) is 17.1 Å². The van der Waals surface area contributed by atoms with E-state index in [1.165, 1.54) is 12.1 Å². The normalized spacial score (nSPS) is 9.92. The van der Waals surface area contributed by atoms with Crippen molar-refractivity contribution < 1.29 is 9.18 Å². The van der Waals surface area contributed by atoms with E-state index in [4.69, 9.17) is 11.6 Å². The zero-order valence-electron chi connectivity index (χ0n) is 5.98. The minimum absolute atomic E-state index is 0.0660. The molecule has 1 aromatic rings. The quantitative estimate of drug-likeness (QED) is 0.583. The lowest BCUT2D eigenvalue weighted by Crippen LogP contribution is -2.02. The molecular weight excluding hydrogens is 246 g/mol. The predicted molar refractivity (Wildman–Crippen MR) is 49.5 cm³/mol. The molecule has 1 rings (SSSR count). The summed E-state index contributed by atoms with van der Waals surface area (Å²) in [6, 6.07) is 3.99. The van der Waals surface area contributed by atoms with E-state index >= 15 is 0 Å². The van der Waals surface area contributed by atoms with Gasteiger partial charge in [0.15, 0.2) is 5.78 Å². The third kappa shape index (κ3) is 2.05. The highest BCUT2D eigenvalue weighted by Gasteiger charge is 2.09. The van der Waals surface area contributed by atoms with Gasteiger partial charge in [-0.15, -0.1) is 0 Å². The van der Waals surface area contributed by atoms with Crippen LogP contribution in [-0.2, 0) is 0 Å². The first-order valence-electron chi connectivity index (χ1n) is 3.19. The first kappa shape index (κ1) is 9.68. The van der Waals surface area contributed by atoms with Crippen LogP contribution in [0.1, 0.15) is 10.4 Å². The van der Waals surface area contributed by atoms with Crippen molar-refractivity contribution in [3.63, 3.8) is 0 Å². The van der Waals surface area contributed by atoms with E-state index in [0.717, 1.165) is 6.07 Å². The number of alkyl halides is 1. The molecule has 0 atom stereocenters. The number of carbonyl (C=O) groups is 1. The molecule has 0 N–H and O–H groups in total. The van der Waals surface area contributed by atoms with Crippen LogP contribution >= 0.6 is 27.5 Å². The van der Waals surface area contributed by atoms with Gasteiger partial charge < -0.3 is 0 Å². The highest BCUT2D eigenvalue weighted by atomic mass is 79.9. The molecule has 0 aliphatic carbocycles. The van der Waals surface area contributed by atoms with Crippen LogP contribution in [0.3, 0.4) is 0 Å². The van der Waals surface area contributed by atoms with E-state index in [0.29, 0.717) is 5.02 Å². The van der Waals surface area contributed by atoms with Crippen LogP contribution in [0.2, 0.25) is 5.02 Å². The summed E-state index contributed by atoms with van der Waals surface area (Å²) in [6.45, 7) is 0. The van der Waals surface area contributed by atoms with Crippen molar-refractivity contribution in [2.45, 2.75) is 0 Å². The van der Waals surface area contributed by atoms with Crippen LogP contribution in [0.15, 0.2) is 18.2 Å². The van der Waals surface area contributed by atoms with E-state index in [2.05, 4.69) is 15.9 Å². The summed E-state index contributed by atoms with van der Waals surface area (Å²) in [5, 5.41) is 0.407. The number of ketones is 1. The van der Waals surface area contributed by atoms with Gasteiger partial charge in [0, 0.05) is 5.02 Å². The Hall–Kier alpha value is -0.410. The van der Waals surface area contributed by atoms with Crippen LogP contribution < -0.4 is 0 Å². The molecule has 0 bridgehead atoms. The van der Waals surface area contributed by atoms with Crippen molar-refractivity contribution in [3.05, 3.63) is 34.6 Å². The fourth-order valence-corrected chi connectivity index (χ4v) is 1.25. The van der Waals surface area contributed by atoms with Crippen LogP contribution in [0.25, 0.3) is 0 Å². The molecule has 0 saturated carbocycles. The minimum atomic E-state index is -0.577. The molecular formula is C8H5BrClFO. The van der Waals surface area contributed by atoms with Gasteiger partial charge in [0.1, 0.15) is 5.82 Å². The molecule has 0 spiro atoms. The Labute approximate surface area is 82.7 Å². The second kappa shape index (κ2) is 4.01. The molecule has 1 aromatic carbocycles. The van der Waals surface area contributed by atoms with Gasteiger partial charge >= 0.3 is 0 Å². The maximum absolute atomic E-state index is 13.0. The Bertz CT molecular complexity index is 314. The molecule has 12 heavy (non-hydrogen) atoms. The van der Waals surface area contributed by atoms with Crippen LogP contribution in [-0.4, -0.2) is 11.1 Å². The highest BCUT2D eigenvalue weighted by Crippen LogP contribution is 2.15. The lowest BCUT2D eigenvalue weighted by Gasteiger charge is -1.98. The SMILES string of the molecule is O=C(CBr)c1ccc(Cl)cc1F. The zero-order valence-corrected chi connectivity index (χ0v) is 8.32. The van der Waals surface area contributed by atoms with Gasteiger partial charge in [-0.1, -0.05) is 27.5 Å². The Balaban J connectivity index is 3.09. The van der Waals surface area contributed by atoms with E-state index in [-0.39, 0.29) is 16.7 Å². The van der Waals surface area contributed by atoms with Gasteiger partial charge in [-0.3, -0.25) is 4.79 Å². The fraction of sp³-hybridized carbons (Fsp3) is 0.125. The van der Waals surface area contributed by atoms with Gasteiger partial charge in [-0.05, 0) is 18.2 Å². The number of carbonyl (C=O) groups excluding carboxylic acids is 1. The van der Waals surface area contributed by atoms with Crippen molar-refractivity contribution >= 4 is 33.3 Å². The number of rotatable bonds is 2. The summed E-state index contributed by atoms with van der Waals surface area (Å²) in [5.41, 5.74) is 0.0660. The van der Waals surface area contributed by atoms with E-state index in [1.54, 1.807) is 0 Å². The monoisotopic (exact) mass is 250 g/mol. The number of benzene rings is 1. The van der Waals surface area contributed by atoms with Crippen molar-refractivity contribution in [1.29, 1.82) is 0 Å². The average molecular weight is 251 g/mol. The molecule has 0 heterocycles. The van der Waals surface area contributed by atoms with Gasteiger partial charge in [0.05, 0.1) is 10.9 Å². The first-order chi connectivity index (χ1) is 5.65. The molecule has 0 amide bonds. The van der Waals surface area contributed by atoms with Crippen LogP contribution in [0, 0.1) is 5.82 Å². The first-order valence-corrected chi connectivity index (χ1v) is 4.69. The van der Waals surface area contributed by atoms with E-state index < -0.39 is 5.82 Å². The Kier molecular flexibility index (Phi) is 3.23. The van der Waals surface area contributed by atoms with Gasteiger partial charge in [0.2, 0.25) is 0 Å². The molecule has 0 unspecified atom stereocenters. The molecule has 64 valence electrons. The molecule has 0 aliphatic heterocycles. The lowest BCUT2D eigenvalue weighted by atomic mass is 10.1. The molecule has 0 fully saturated rings. The molecule has 0 aromatic heterocycles. The number of hydrogen-bond acceptors (Lipinski definition) is 1. The summed E-state index contributed by atoms with van der Waals surface area (Å²) in [4.78, 5) is 11.0. The highest BCUT2D eigenvalue weighted by molar-refractivity contribution is 9.09. The van der Waals surface area contributed by atoms with E-state index in [1.807, 2.05) is 0 Å². The zero-order chi connectivity index (χ0) is 9.14. The molecule has 0 aliphatic rings. The maximum Gasteiger partial charge on any atom is 0.176 e. The minimum Gasteiger partial charge on any atom is -0.293 e.